The van der Waals surface area contributed by atoms with Gasteiger partial charge in [0.15, 0.2) is 5.82 Å². The maximum atomic E-state index is 13.0. The quantitative estimate of drug-likeness (QED) is 0.639. The molecule has 0 N–H and O–H groups in total. The molecule has 0 atom stereocenters. The van der Waals surface area contributed by atoms with Crippen molar-refractivity contribution in [1.82, 2.24) is 4.98 Å². The normalized spacial score (nSPS) is 11.8. The van der Waals surface area contributed by atoms with Gasteiger partial charge in [-0.2, -0.15) is 8.78 Å². The molecular formula is C8H8F3N. The molecule has 1 aromatic heterocycles. The van der Waals surface area contributed by atoms with Crippen molar-refractivity contribution in [2.45, 2.75) is 19.8 Å². The van der Waals surface area contributed by atoms with E-state index >= 15 is 0 Å². The molecule has 66 valence electrons. The van der Waals surface area contributed by atoms with Crippen LogP contribution >= 0.6 is 0 Å². The molecule has 0 saturated carbocycles. The van der Waals surface area contributed by atoms with Crippen molar-refractivity contribution in [2.75, 3.05) is 0 Å². The van der Waals surface area contributed by atoms with Crippen LogP contribution in [0, 0.1) is 12.7 Å². The highest BCUT2D eigenvalue weighted by Gasteiger charge is 2.30. The van der Waals surface area contributed by atoms with Crippen molar-refractivity contribution < 1.29 is 13.2 Å². The Morgan fingerprint density at radius 1 is 1.42 bits per heavy atom. The molecule has 4 heteroatoms. The number of pyridine rings is 1. The molecule has 1 aromatic rings. The van der Waals surface area contributed by atoms with Crippen molar-refractivity contribution >= 4 is 0 Å². The van der Waals surface area contributed by atoms with E-state index in [4.69, 9.17) is 0 Å². The molecule has 12 heavy (non-hydrogen) atoms. The third-order valence-corrected chi connectivity index (χ3v) is 1.50. The molecule has 1 heterocycles. The van der Waals surface area contributed by atoms with Crippen molar-refractivity contribution in [1.29, 1.82) is 0 Å². The summed E-state index contributed by atoms with van der Waals surface area (Å²) in [5, 5.41) is 0. The molecule has 1 nitrogen and oxygen atoms in total. The van der Waals surface area contributed by atoms with Gasteiger partial charge >= 0.3 is 0 Å². The Labute approximate surface area is 68.2 Å². The van der Waals surface area contributed by atoms with Crippen LogP contribution in [0.25, 0.3) is 0 Å². The van der Waals surface area contributed by atoms with Crippen molar-refractivity contribution in [2.24, 2.45) is 0 Å². The predicted molar refractivity (Wildman–Crippen MR) is 38.5 cm³/mol. The van der Waals surface area contributed by atoms with E-state index in [1.165, 1.54) is 19.2 Å². The van der Waals surface area contributed by atoms with Gasteiger partial charge in [0.1, 0.15) is 5.69 Å². The topological polar surface area (TPSA) is 12.9 Å². The van der Waals surface area contributed by atoms with Gasteiger partial charge in [0.05, 0.1) is 0 Å². The maximum absolute atomic E-state index is 13.0. The van der Waals surface area contributed by atoms with E-state index in [0.29, 0.717) is 6.92 Å². The molecular weight excluding hydrogens is 167 g/mol. The lowest BCUT2D eigenvalue weighted by Gasteiger charge is -2.10. The fraction of sp³-hybridized carbons (Fsp3) is 0.375. The van der Waals surface area contributed by atoms with Gasteiger partial charge in [0.2, 0.25) is 0 Å². The van der Waals surface area contributed by atoms with E-state index < -0.39 is 17.4 Å². The number of halogens is 3. The minimum absolute atomic E-state index is 0.182. The number of alkyl halides is 2. The maximum Gasteiger partial charge on any atom is 0.289 e. The van der Waals surface area contributed by atoms with E-state index in [1.807, 2.05) is 0 Å². The van der Waals surface area contributed by atoms with E-state index in [1.54, 1.807) is 0 Å². The molecule has 0 aliphatic carbocycles. The molecule has 0 unspecified atom stereocenters. The van der Waals surface area contributed by atoms with Gasteiger partial charge in [0, 0.05) is 13.1 Å². The van der Waals surface area contributed by atoms with Gasteiger partial charge in [-0.05, 0) is 18.6 Å². The number of nitrogens with zero attached hydrogens (tertiary/aromatic N) is 1. The van der Waals surface area contributed by atoms with Gasteiger partial charge in [0.25, 0.3) is 5.92 Å². The summed E-state index contributed by atoms with van der Waals surface area (Å²) >= 11 is 0. The van der Waals surface area contributed by atoms with Crippen LogP contribution in [-0.2, 0) is 5.92 Å². The fourth-order valence-electron chi connectivity index (χ4n) is 0.846. The number of aromatic nitrogens is 1. The van der Waals surface area contributed by atoms with E-state index in [0.717, 1.165) is 0 Å². The monoisotopic (exact) mass is 175 g/mol. The zero-order chi connectivity index (χ0) is 9.35. The molecule has 1 rings (SSSR count). The fourth-order valence-corrected chi connectivity index (χ4v) is 0.846. The van der Waals surface area contributed by atoms with E-state index in [-0.39, 0.29) is 5.56 Å². The minimum Gasteiger partial charge on any atom is -0.252 e. The summed E-state index contributed by atoms with van der Waals surface area (Å²) in [6.45, 7) is 2.05. The second-order valence-electron chi connectivity index (χ2n) is 2.68. The Kier molecular flexibility index (Phi) is 2.08. The lowest BCUT2D eigenvalue weighted by Crippen LogP contribution is -2.13. The third-order valence-electron chi connectivity index (χ3n) is 1.50. The second kappa shape index (κ2) is 2.77. The highest BCUT2D eigenvalue weighted by atomic mass is 19.3. The molecule has 0 aromatic carbocycles. The molecule has 0 bridgehead atoms. The van der Waals surface area contributed by atoms with Crippen LogP contribution < -0.4 is 0 Å². The summed E-state index contributed by atoms with van der Waals surface area (Å²) in [4.78, 5) is 3.29. The first kappa shape index (κ1) is 9.03. The number of hydrogen-bond acceptors (Lipinski definition) is 1. The lowest BCUT2D eigenvalue weighted by atomic mass is 10.2. The highest BCUT2D eigenvalue weighted by molar-refractivity contribution is 5.20. The smallest absolute Gasteiger partial charge is 0.252 e. The zero-order valence-corrected chi connectivity index (χ0v) is 6.74. The standard InChI is InChI=1S/C8H8F3N/c1-5-3-4-12-7(6(5)9)8(2,10)11/h3-4H,1-2H3. The molecule has 0 radical (unpaired) electrons. The predicted octanol–water partition coefficient (Wildman–Crippen LogP) is 2.64. The summed E-state index contributed by atoms with van der Waals surface area (Å²) in [6.07, 6.45) is 1.17. The van der Waals surface area contributed by atoms with Gasteiger partial charge in [-0.25, -0.2) is 4.39 Å². The summed E-state index contributed by atoms with van der Waals surface area (Å²) in [5.74, 6) is -4.14. The Balaban J connectivity index is 3.26. The van der Waals surface area contributed by atoms with Crippen LogP contribution in [0.4, 0.5) is 13.2 Å². The average Bonchev–Trinajstić information content (AvgIpc) is 1.92. The Bertz CT molecular complexity index is 291. The zero-order valence-electron chi connectivity index (χ0n) is 6.74. The molecule has 0 saturated heterocycles. The summed E-state index contributed by atoms with van der Waals surface area (Å²) < 4.78 is 38.1. The largest absolute Gasteiger partial charge is 0.289 e. The van der Waals surface area contributed by atoms with Crippen molar-refractivity contribution in [3.05, 3.63) is 29.3 Å². The number of hydrogen-bond donors (Lipinski definition) is 0. The van der Waals surface area contributed by atoms with Crippen LogP contribution in [0.15, 0.2) is 12.3 Å². The molecule has 0 aliphatic rings. The minimum atomic E-state index is -3.21. The van der Waals surface area contributed by atoms with Crippen LogP contribution in [-0.4, -0.2) is 4.98 Å². The van der Waals surface area contributed by atoms with Crippen molar-refractivity contribution in [3.8, 4) is 0 Å². The number of rotatable bonds is 1. The van der Waals surface area contributed by atoms with E-state index in [9.17, 15) is 13.2 Å². The number of aryl methyl sites for hydroxylation is 1. The van der Waals surface area contributed by atoms with Gasteiger partial charge in [-0.15, -0.1) is 0 Å². The molecule has 0 aliphatic heterocycles. The first-order chi connectivity index (χ1) is 5.43. The van der Waals surface area contributed by atoms with E-state index in [2.05, 4.69) is 4.98 Å². The summed E-state index contributed by atoms with van der Waals surface area (Å²) in [7, 11) is 0. The average molecular weight is 175 g/mol. The van der Waals surface area contributed by atoms with Crippen LogP contribution in [0.1, 0.15) is 18.2 Å². The Hall–Kier alpha value is -1.06. The first-order valence-electron chi connectivity index (χ1n) is 3.42. The lowest BCUT2D eigenvalue weighted by molar-refractivity contribution is 0.00862. The van der Waals surface area contributed by atoms with Gasteiger partial charge in [-0.3, -0.25) is 4.98 Å². The summed E-state index contributed by atoms with van der Waals surface area (Å²) in [5.41, 5.74) is -0.607. The molecule has 0 spiro atoms. The third kappa shape index (κ3) is 1.57. The SMILES string of the molecule is Cc1ccnc(C(C)(F)F)c1F. The first-order valence-corrected chi connectivity index (χ1v) is 3.42. The van der Waals surface area contributed by atoms with Crippen LogP contribution in [0.2, 0.25) is 0 Å². The Morgan fingerprint density at radius 2 is 2.00 bits per heavy atom. The second-order valence-corrected chi connectivity index (χ2v) is 2.68. The molecule has 0 fully saturated rings. The highest BCUT2D eigenvalue weighted by Crippen LogP contribution is 2.27. The van der Waals surface area contributed by atoms with Crippen molar-refractivity contribution in [3.63, 3.8) is 0 Å². The van der Waals surface area contributed by atoms with Crippen LogP contribution in [0.5, 0.6) is 0 Å². The van der Waals surface area contributed by atoms with Crippen LogP contribution in [0.3, 0.4) is 0 Å². The Morgan fingerprint density at radius 3 is 2.42 bits per heavy atom. The molecule has 0 amide bonds. The van der Waals surface area contributed by atoms with Gasteiger partial charge < -0.3 is 0 Å². The van der Waals surface area contributed by atoms with Gasteiger partial charge in [-0.1, -0.05) is 0 Å². The summed E-state index contributed by atoms with van der Waals surface area (Å²) in [6, 6.07) is 1.35.